The Morgan fingerprint density at radius 2 is 2.11 bits per heavy atom. The van der Waals surface area contributed by atoms with Crippen molar-refractivity contribution in [2.75, 3.05) is 12.4 Å². The van der Waals surface area contributed by atoms with E-state index in [0.717, 1.165) is 36.6 Å². The van der Waals surface area contributed by atoms with Gasteiger partial charge in [-0.2, -0.15) is 0 Å². The summed E-state index contributed by atoms with van der Waals surface area (Å²) in [5.41, 5.74) is 1.54. The van der Waals surface area contributed by atoms with E-state index in [9.17, 15) is 4.79 Å². The number of Topliss-reactive ketones (excluding diaryl/α,β-unsaturated/α-hetero) is 1. The number of carbonyl (C=O) groups is 1. The van der Waals surface area contributed by atoms with Crippen molar-refractivity contribution in [3.63, 3.8) is 0 Å². The fraction of sp³-hybridized carbons (Fsp3) is 0.350. The maximum atomic E-state index is 12.5. The molecule has 3 heterocycles. The van der Waals surface area contributed by atoms with E-state index < -0.39 is 0 Å². The number of nitrogens with zero attached hydrogens (tertiary/aromatic N) is 3. The van der Waals surface area contributed by atoms with Gasteiger partial charge in [0.2, 0.25) is 0 Å². The van der Waals surface area contributed by atoms with Crippen molar-refractivity contribution in [3.05, 3.63) is 52.9 Å². The number of hydrogen-bond acceptors (Lipinski definition) is 6. The smallest absolute Gasteiger partial charge is 0.192 e. The molecular weight excluding hydrogens is 398 g/mol. The van der Waals surface area contributed by atoms with Crippen molar-refractivity contribution in [2.24, 2.45) is 0 Å². The van der Waals surface area contributed by atoms with Gasteiger partial charge in [0, 0.05) is 17.2 Å². The molecule has 0 bridgehead atoms. The summed E-state index contributed by atoms with van der Waals surface area (Å²) in [5, 5.41) is 10.0. The number of halogens is 1. The maximum absolute atomic E-state index is 12.5. The highest BCUT2D eigenvalue weighted by Crippen LogP contribution is 2.29. The molecule has 3 aromatic rings. The molecule has 0 saturated carbocycles. The van der Waals surface area contributed by atoms with Crippen LogP contribution in [0.4, 0.5) is 0 Å². The molecule has 1 fully saturated rings. The molecule has 4 rings (SSSR count). The third kappa shape index (κ3) is 4.16. The molecule has 8 heteroatoms. The number of aromatic nitrogens is 3. The van der Waals surface area contributed by atoms with Crippen molar-refractivity contribution in [3.8, 4) is 11.4 Å². The van der Waals surface area contributed by atoms with Crippen LogP contribution in [0.5, 0.6) is 0 Å². The number of carbonyl (C=O) groups excluding carboxylic acids is 1. The van der Waals surface area contributed by atoms with Gasteiger partial charge < -0.3 is 9.15 Å². The van der Waals surface area contributed by atoms with E-state index in [0.29, 0.717) is 22.3 Å². The van der Waals surface area contributed by atoms with Crippen LogP contribution in [0, 0.1) is 6.92 Å². The molecule has 28 heavy (non-hydrogen) atoms. The monoisotopic (exact) mass is 417 g/mol. The molecule has 6 nitrogen and oxygen atoms in total. The first-order chi connectivity index (χ1) is 13.6. The van der Waals surface area contributed by atoms with Gasteiger partial charge in [0.1, 0.15) is 5.76 Å². The van der Waals surface area contributed by atoms with E-state index in [4.69, 9.17) is 20.8 Å². The first-order valence-electron chi connectivity index (χ1n) is 9.12. The van der Waals surface area contributed by atoms with Crippen LogP contribution < -0.4 is 0 Å². The zero-order valence-electron chi connectivity index (χ0n) is 15.4. The van der Waals surface area contributed by atoms with Gasteiger partial charge in [-0.25, -0.2) is 0 Å². The molecule has 0 aliphatic carbocycles. The predicted molar refractivity (Wildman–Crippen MR) is 108 cm³/mol. The molecule has 0 N–H and O–H groups in total. The average molecular weight is 418 g/mol. The highest BCUT2D eigenvalue weighted by atomic mass is 35.5. The minimum absolute atomic E-state index is 0.0226. The maximum Gasteiger partial charge on any atom is 0.192 e. The number of thioether (sulfide) groups is 1. The molecule has 0 radical (unpaired) electrons. The second-order valence-corrected chi connectivity index (χ2v) is 8.04. The van der Waals surface area contributed by atoms with Crippen LogP contribution in [-0.4, -0.2) is 39.0 Å². The molecule has 2 aromatic heterocycles. The van der Waals surface area contributed by atoms with Crippen molar-refractivity contribution in [1.29, 1.82) is 0 Å². The molecule has 1 atom stereocenters. The molecule has 0 spiro atoms. The lowest BCUT2D eigenvalue weighted by atomic mass is 10.1. The summed E-state index contributed by atoms with van der Waals surface area (Å²) in [5.74, 6) is 1.82. The summed E-state index contributed by atoms with van der Waals surface area (Å²) in [6, 6.07) is 8.81. The van der Waals surface area contributed by atoms with Gasteiger partial charge in [0.25, 0.3) is 0 Å². The van der Waals surface area contributed by atoms with Gasteiger partial charge in [-0.1, -0.05) is 23.4 Å². The Bertz CT molecular complexity index is 961. The lowest BCUT2D eigenvalue weighted by Gasteiger charge is -2.14. The fourth-order valence-electron chi connectivity index (χ4n) is 3.22. The minimum Gasteiger partial charge on any atom is -0.469 e. The topological polar surface area (TPSA) is 70.2 Å². The first kappa shape index (κ1) is 19.2. The van der Waals surface area contributed by atoms with Crippen LogP contribution in [0.25, 0.3) is 11.4 Å². The lowest BCUT2D eigenvalue weighted by molar-refractivity contribution is 0.0953. The van der Waals surface area contributed by atoms with Crippen LogP contribution in [-0.2, 0) is 11.3 Å². The second kappa shape index (κ2) is 8.51. The van der Waals surface area contributed by atoms with E-state index in [-0.39, 0.29) is 17.6 Å². The zero-order chi connectivity index (χ0) is 19.5. The van der Waals surface area contributed by atoms with Crippen molar-refractivity contribution < 1.29 is 13.9 Å². The summed E-state index contributed by atoms with van der Waals surface area (Å²) in [4.78, 5) is 12.5. The van der Waals surface area contributed by atoms with E-state index in [1.165, 1.54) is 11.8 Å². The number of aryl methyl sites for hydroxylation is 1. The quantitative estimate of drug-likeness (QED) is 0.411. The number of ketones is 1. The summed E-state index contributed by atoms with van der Waals surface area (Å²) in [6.07, 6.45) is 3.85. The van der Waals surface area contributed by atoms with Gasteiger partial charge >= 0.3 is 0 Å². The van der Waals surface area contributed by atoms with Crippen molar-refractivity contribution >= 4 is 29.1 Å². The van der Waals surface area contributed by atoms with E-state index in [1.807, 2.05) is 17.6 Å². The molecule has 1 saturated heterocycles. The Labute approximate surface area is 172 Å². The van der Waals surface area contributed by atoms with E-state index >= 15 is 0 Å². The first-order valence-corrected chi connectivity index (χ1v) is 10.5. The number of furan rings is 1. The van der Waals surface area contributed by atoms with Crippen LogP contribution in [0.3, 0.4) is 0 Å². The summed E-state index contributed by atoms with van der Waals surface area (Å²) in [7, 11) is 0. The number of hydrogen-bond donors (Lipinski definition) is 0. The van der Waals surface area contributed by atoms with Gasteiger partial charge in [0.15, 0.2) is 16.8 Å². The number of rotatable bonds is 7. The van der Waals surface area contributed by atoms with Crippen LogP contribution in [0.1, 0.15) is 29.0 Å². The standard InChI is InChI=1S/C20H20ClN3O3S/c1-13-17(8-10-26-13)19-22-23-20(24(19)11-16-3-2-9-27-16)28-12-18(25)14-4-6-15(21)7-5-14/h4-8,10,16H,2-3,9,11-12H2,1H3/t16-/m0/s1. The van der Waals surface area contributed by atoms with E-state index in [1.54, 1.807) is 30.5 Å². The predicted octanol–water partition coefficient (Wildman–Crippen LogP) is 4.65. The van der Waals surface area contributed by atoms with E-state index in [2.05, 4.69) is 10.2 Å². The molecular formula is C20H20ClN3O3S. The third-order valence-corrected chi connectivity index (χ3v) is 5.94. The summed E-state index contributed by atoms with van der Waals surface area (Å²) in [6.45, 7) is 3.34. The number of ether oxygens (including phenoxy) is 1. The molecule has 1 aliphatic rings. The van der Waals surface area contributed by atoms with Gasteiger partial charge in [-0.15, -0.1) is 10.2 Å². The van der Waals surface area contributed by atoms with Crippen LogP contribution in [0.2, 0.25) is 5.02 Å². The van der Waals surface area contributed by atoms with Crippen LogP contribution in [0.15, 0.2) is 46.2 Å². The SMILES string of the molecule is Cc1occc1-c1nnc(SCC(=O)c2ccc(Cl)cc2)n1C[C@@H]1CCCO1. The molecule has 1 aliphatic heterocycles. The molecule has 0 unspecified atom stereocenters. The second-order valence-electron chi connectivity index (χ2n) is 6.66. The largest absolute Gasteiger partial charge is 0.469 e. The third-order valence-electron chi connectivity index (χ3n) is 4.73. The van der Waals surface area contributed by atoms with Crippen LogP contribution >= 0.6 is 23.4 Å². The van der Waals surface area contributed by atoms with Gasteiger partial charge in [0.05, 0.1) is 30.2 Å². The minimum atomic E-state index is 0.0226. The van der Waals surface area contributed by atoms with Gasteiger partial charge in [-0.3, -0.25) is 9.36 Å². The highest BCUT2D eigenvalue weighted by Gasteiger charge is 2.23. The highest BCUT2D eigenvalue weighted by molar-refractivity contribution is 7.99. The zero-order valence-corrected chi connectivity index (χ0v) is 17.0. The molecule has 0 amide bonds. The Kier molecular flexibility index (Phi) is 5.85. The number of benzene rings is 1. The molecule has 146 valence electrons. The Hall–Kier alpha value is -2.09. The Morgan fingerprint density at radius 3 is 2.79 bits per heavy atom. The van der Waals surface area contributed by atoms with Gasteiger partial charge in [-0.05, 0) is 50.1 Å². The average Bonchev–Trinajstić information content (AvgIpc) is 3.43. The summed E-state index contributed by atoms with van der Waals surface area (Å²) >= 11 is 7.28. The summed E-state index contributed by atoms with van der Waals surface area (Å²) < 4.78 is 13.3. The normalized spacial score (nSPS) is 16.6. The van der Waals surface area contributed by atoms with Crippen molar-refractivity contribution in [1.82, 2.24) is 14.8 Å². The Balaban J connectivity index is 1.55. The van der Waals surface area contributed by atoms with Crippen molar-refractivity contribution in [2.45, 2.75) is 37.6 Å². The molecule has 1 aromatic carbocycles. The fourth-order valence-corrected chi connectivity index (χ4v) is 4.19. The Morgan fingerprint density at radius 1 is 1.29 bits per heavy atom. The lowest BCUT2D eigenvalue weighted by Crippen LogP contribution is -2.17.